The standard InChI is InChI=1S/C23H34N4O/c1-3-28-23-8-6-21(7-9-23)27(18-20-5-4-13-25-17-20)22-11-15-26(16-12-22)14-10-19(2)24/h4-9,13,17,19,22H,3,10-12,14-16,18,24H2,1-2H3. The van der Waals surface area contributed by atoms with E-state index in [4.69, 9.17) is 10.5 Å². The van der Waals surface area contributed by atoms with E-state index in [-0.39, 0.29) is 6.04 Å². The van der Waals surface area contributed by atoms with Crippen LogP contribution in [0.1, 0.15) is 38.7 Å². The Hall–Kier alpha value is -2.11. The minimum atomic E-state index is 0.281. The molecule has 2 N–H and O–H groups in total. The van der Waals surface area contributed by atoms with Crippen molar-refractivity contribution in [3.05, 3.63) is 54.4 Å². The highest BCUT2D eigenvalue weighted by atomic mass is 16.5. The molecule has 5 nitrogen and oxygen atoms in total. The van der Waals surface area contributed by atoms with Gasteiger partial charge in [0.05, 0.1) is 6.61 Å². The second-order valence-electron chi connectivity index (χ2n) is 7.75. The summed E-state index contributed by atoms with van der Waals surface area (Å²) in [6.07, 6.45) is 7.22. The molecule has 28 heavy (non-hydrogen) atoms. The predicted octanol–water partition coefficient (Wildman–Crippen LogP) is 3.69. The van der Waals surface area contributed by atoms with E-state index in [0.29, 0.717) is 12.6 Å². The van der Waals surface area contributed by atoms with E-state index >= 15 is 0 Å². The Kier molecular flexibility index (Phi) is 7.69. The van der Waals surface area contributed by atoms with Crippen molar-refractivity contribution < 1.29 is 4.74 Å². The summed E-state index contributed by atoms with van der Waals surface area (Å²) >= 11 is 0. The summed E-state index contributed by atoms with van der Waals surface area (Å²) in [6.45, 7) is 9.06. The molecule has 1 aromatic carbocycles. The molecule has 1 unspecified atom stereocenters. The summed E-state index contributed by atoms with van der Waals surface area (Å²) in [5.41, 5.74) is 8.43. The third kappa shape index (κ3) is 5.94. The van der Waals surface area contributed by atoms with E-state index in [1.807, 2.05) is 25.4 Å². The lowest BCUT2D eigenvalue weighted by Crippen LogP contribution is -2.45. The average Bonchev–Trinajstić information content (AvgIpc) is 2.73. The van der Waals surface area contributed by atoms with Crippen molar-refractivity contribution >= 4 is 5.69 Å². The highest BCUT2D eigenvalue weighted by Crippen LogP contribution is 2.27. The fourth-order valence-electron chi connectivity index (χ4n) is 3.86. The molecule has 0 radical (unpaired) electrons. The van der Waals surface area contributed by atoms with Crippen LogP contribution < -0.4 is 15.4 Å². The summed E-state index contributed by atoms with van der Waals surface area (Å²) in [4.78, 5) is 9.39. The summed E-state index contributed by atoms with van der Waals surface area (Å²) < 4.78 is 5.62. The van der Waals surface area contributed by atoms with Gasteiger partial charge in [0, 0.05) is 49.8 Å². The fourth-order valence-corrected chi connectivity index (χ4v) is 3.86. The van der Waals surface area contributed by atoms with Crippen LogP contribution in [-0.2, 0) is 6.54 Å². The molecule has 152 valence electrons. The van der Waals surface area contributed by atoms with Crippen LogP contribution in [0.2, 0.25) is 0 Å². The van der Waals surface area contributed by atoms with E-state index in [1.165, 1.54) is 24.1 Å². The SMILES string of the molecule is CCOc1ccc(N(Cc2cccnc2)C2CCN(CCC(C)N)CC2)cc1. The molecule has 0 amide bonds. The minimum absolute atomic E-state index is 0.281. The van der Waals surface area contributed by atoms with Crippen molar-refractivity contribution in [1.29, 1.82) is 0 Å². The Balaban J connectivity index is 1.70. The van der Waals surface area contributed by atoms with Crippen LogP contribution >= 0.6 is 0 Å². The van der Waals surface area contributed by atoms with Gasteiger partial charge in [0.25, 0.3) is 0 Å². The van der Waals surface area contributed by atoms with Crippen molar-refractivity contribution in [2.45, 2.75) is 51.7 Å². The Morgan fingerprint density at radius 3 is 2.57 bits per heavy atom. The molecule has 0 saturated carbocycles. The first-order valence-corrected chi connectivity index (χ1v) is 10.5. The Morgan fingerprint density at radius 1 is 1.21 bits per heavy atom. The number of hydrogen-bond acceptors (Lipinski definition) is 5. The number of aromatic nitrogens is 1. The predicted molar refractivity (Wildman–Crippen MR) is 116 cm³/mol. The summed E-state index contributed by atoms with van der Waals surface area (Å²) in [6, 6.07) is 13.5. The number of anilines is 1. The Bertz CT molecular complexity index is 682. The summed E-state index contributed by atoms with van der Waals surface area (Å²) in [5, 5.41) is 0. The molecule has 1 aliphatic heterocycles. The zero-order chi connectivity index (χ0) is 19.8. The maximum Gasteiger partial charge on any atom is 0.119 e. The van der Waals surface area contributed by atoms with Crippen LogP contribution in [0.15, 0.2) is 48.8 Å². The molecule has 1 aliphatic rings. The number of rotatable bonds is 9. The van der Waals surface area contributed by atoms with E-state index in [9.17, 15) is 0 Å². The molecule has 1 aromatic heterocycles. The van der Waals surface area contributed by atoms with Gasteiger partial charge in [-0.2, -0.15) is 0 Å². The number of pyridine rings is 1. The van der Waals surface area contributed by atoms with Gasteiger partial charge in [0.15, 0.2) is 0 Å². The third-order valence-electron chi connectivity index (χ3n) is 5.45. The Labute approximate surface area is 169 Å². The highest BCUT2D eigenvalue weighted by molar-refractivity contribution is 5.50. The van der Waals surface area contributed by atoms with Crippen LogP contribution in [-0.4, -0.2) is 48.2 Å². The van der Waals surface area contributed by atoms with Crippen molar-refractivity contribution in [1.82, 2.24) is 9.88 Å². The maximum absolute atomic E-state index is 5.93. The summed E-state index contributed by atoms with van der Waals surface area (Å²) in [5.74, 6) is 0.929. The summed E-state index contributed by atoms with van der Waals surface area (Å²) in [7, 11) is 0. The van der Waals surface area contributed by atoms with Crippen LogP contribution in [0.25, 0.3) is 0 Å². The smallest absolute Gasteiger partial charge is 0.119 e. The zero-order valence-electron chi connectivity index (χ0n) is 17.3. The van der Waals surface area contributed by atoms with Crippen molar-refractivity contribution in [3.63, 3.8) is 0 Å². The van der Waals surface area contributed by atoms with Gasteiger partial charge in [-0.05, 0) is 75.5 Å². The second-order valence-corrected chi connectivity index (χ2v) is 7.75. The number of ether oxygens (including phenoxy) is 1. The molecule has 0 bridgehead atoms. The lowest BCUT2D eigenvalue weighted by molar-refractivity contribution is 0.203. The molecule has 1 fully saturated rings. The topological polar surface area (TPSA) is 54.6 Å². The van der Waals surface area contributed by atoms with Gasteiger partial charge < -0.3 is 20.3 Å². The molecule has 0 spiro atoms. The monoisotopic (exact) mass is 382 g/mol. The van der Waals surface area contributed by atoms with Gasteiger partial charge >= 0.3 is 0 Å². The van der Waals surface area contributed by atoms with Gasteiger partial charge in [0.2, 0.25) is 0 Å². The van der Waals surface area contributed by atoms with Gasteiger partial charge in [-0.25, -0.2) is 0 Å². The fraction of sp³-hybridized carbons (Fsp3) is 0.522. The second kappa shape index (κ2) is 10.4. The molecule has 1 saturated heterocycles. The number of hydrogen-bond donors (Lipinski definition) is 1. The molecular formula is C23H34N4O. The molecule has 1 atom stereocenters. The van der Waals surface area contributed by atoms with Gasteiger partial charge in [-0.15, -0.1) is 0 Å². The Morgan fingerprint density at radius 2 is 1.96 bits per heavy atom. The van der Waals surface area contributed by atoms with E-state index in [1.54, 1.807) is 0 Å². The molecule has 5 heteroatoms. The highest BCUT2D eigenvalue weighted by Gasteiger charge is 2.25. The number of likely N-dealkylation sites (tertiary alicyclic amines) is 1. The van der Waals surface area contributed by atoms with Crippen molar-refractivity contribution in [2.75, 3.05) is 31.1 Å². The normalized spacial score (nSPS) is 16.7. The first-order chi connectivity index (χ1) is 13.7. The average molecular weight is 383 g/mol. The molecule has 3 rings (SSSR count). The van der Waals surface area contributed by atoms with Crippen LogP contribution in [0.4, 0.5) is 5.69 Å². The molecular weight excluding hydrogens is 348 g/mol. The first kappa shape index (κ1) is 20.6. The van der Waals surface area contributed by atoms with Crippen LogP contribution in [0, 0.1) is 0 Å². The molecule has 2 heterocycles. The number of piperidine rings is 1. The first-order valence-electron chi connectivity index (χ1n) is 10.5. The maximum atomic E-state index is 5.93. The van der Waals surface area contributed by atoms with Crippen molar-refractivity contribution in [2.24, 2.45) is 5.73 Å². The lowest BCUT2D eigenvalue weighted by atomic mass is 10.0. The third-order valence-corrected chi connectivity index (χ3v) is 5.45. The quantitative estimate of drug-likeness (QED) is 0.717. The van der Waals surface area contributed by atoms with E-state index in [2.05, 4.69) is 52.0 Å². The zero-order valence-corrected chi connectivity index (χ0v) is 17.3. The lowest BCUT2D eigenvalue weighted by Gasteiger charge is -2.40. The van der Waals surface area contributed by atoms with Gasteiger partial charge in [-0.1, -0.05) is 6.07 Å². The van der Waals surface area contributed by atoms with Crippen LogP contribution in [0.5, 0.6) is 5.75 Å². The minimum Gasteiger partial charge on any atom is -0.494 e. The van der Waals surface area contributed by atoms with Gasteiger partial charge in [0.1, 0.15) is 5.75 Å². The van der Waals surface area contributed by atoms with Crippen LogP contribution in [0.3, 0.4) is 0 Å². The molecule has 0 aliphatic carbocycles. The number of nitrogens with zero attached hydrogens (tertiary/aromatic N) is 3. The van der Waals surface area contributed by atoms with Gasteiger partial charge in [-0.3, -0.25) is 4.98 Å². The number of benzene rings is 1. The molecule has 2 aromatic rings. The van der Waals surface area contributed by atoms with E-state index < -0.39 is 0 Å². The van der Waals surface area contributed by atoms with Crippen molar-refractivity contribution in [3.8, 4) is 5.75 Å². The van der Waals surface area contributed by atoms with E-state index in [0.717, 1.165) is 38.3 Å². The number of nitrogens with two attached hydrogens (primary N) is 1. The largest absolute Gasteiger partial charge is 0.494 e.